The number of nitrogens with one attached hydrogen (secondary N) is 2. The third-order valence-electron chi connectivity index (χ3n) is 4.09. The second kappa shape index (κ2) is 8.69. The van der Waals surface area contributed by atoms with Crippen LogP contribution in [0.25, 0.3) is 0 Å². The van der Waals surface area contributed by atoms with Crippen molar-refractivity contribution in [2.45, 2.75) is 33.6 Å². The Balaban J connectivity index is 1.94. The van der Waals surface area contributed by atoms with Crippen LogP contribution < -0.4 is 15.5 Å². The van der Waals surface area contributed by atoms with Crippen LogP contribution in [-0.2, 0) is 0 Å². The summed E-state index contributed by atoms with van der Waals surface area (Å²) in [5.41, 5.74) is 4.54. The van der Waals surface area contributed by atoms with Gasteiger partial charge in [-0.25, -0.2) is 0 Å². The van der Waals surface area contributed by atoms with Gasteiger partial charge in [0.2, 0.25) is 0 Å². The van der Waals surface area contributed by atoms with Crippen molar-refractivity contribution in [2.75, 3.05) is 28.6 Å². The molecule has 24 heavy (non-hydrogen) atoms. The summed E-state index contributed by atoms with van der Waals surface area (Å²) in [5, 5.41) is 7.06. The summed E-state index contributed by atoms with van der Waals surface area (Å²) in [6, 6.07) is 16.8. The molecule has 0 bridgehead atoms. The number of benzene rings is 2. The molecule has 128 valence electrons. The van der Waals surface area contributed by atoms with Gasteiger partial charge in [-0.2, -0.15) is 0 Å². The second-order valence-corrected chi connectivity index (χ2v) is 6.48. The molecular formula is C20H27N3S. The number of rotatable bonds is 6. The van der Waals surface area contributed by atoms with E-state index < -0.39 is 0 Å². The molecule has 0 radical (unpaired) electrons. The Morgan fingerprint density at radius 3 is 1.75 bits per heavy atom. The topological polar surface area (TPSA) is 27.3 Å². The molecule has 0 aliphatic heterocycles. The van der Waals surface area contributed by atoms with Gasteiger partial charge in [-0.15, -0.1) is 0 Å². The van der Waals surface area contributed by atoms with Crippen LogP contribution in [0.4, 0.5) is 17.1 Å². The Morgan fingerprint density at radius 1 is 0.875 bits per heavy atom. The predicted octanol–water partition coefficient (Wildman–Crippen LogP) is 5.47. The average Bonchev–Trinajstić information content (AvgIpc) is 2.58. The van der Waals surface area contributed by atoms with Crippen LogP contribution in [0.3, 0.4) is 0 Å². The summed E-state index contributed by atoms with van der Waals surface area (Å²) in [6.07, 6.45) is 0. The lowest BCUT2D eigenvalue weighted by atomic mass is 10.0. The van der Waals surface area contributed by atoms with E-state index in [0.29, 0.717) is 11.0 Å². The van der Waals surface area contributed by atoms with Crippen molar-refractivity contribution in [3.63, 3.8) is 0 Å². The SMILES string of the molecule is CCN(CC)c1ccc(NC(=S)Nc2ccc(C(C)C)cc2)cc1. The van der Waals surface area contributed by atoms with Crippen LogP contribution in [-0.4, -0.2) is 18.2 Å². The number of thiocarbonyl (C=S) groups is 1. The largest absolute Gasteiger partial charge is 0.372 e. The summed E-state index contributed by atoms with van der Waals surface area (Å²) in [5.74, 6) is 0.536. The lowest BCUT2D eigenvalue weighted by Gasteiger charge is -2.21. The van der Waals surface area contributed by atoms with Gasteiger partial charge in [0.1, 0.15) is 0 Å². The Hall–Kier alpha value is -2.07. The fourth-order valence-electron chi connectivity index (χ4n) is 2.59. The maximum absolute atomic E-state index is 5.40. The van der Waals surface area contributed by atoms with Gasteiger partial charge >= 0.3 is 0 Å². The minimum atomic E-state index is 0.536. The zero-order valence-electron chi connectivity index (χ0n) is 15.0. The first-order chi connectivity index (χ1) is 11.5. The van der Waals surface area contributed by atoms with Crippen LogP contribution in [0.5, 0.6) is 0 Å². The summed E-state index contributed by atoms with van der Waals surface area (Å²) >= 11 is 5.40. The van der Waals surface area contributed by atoms with Crippen molar-refractivity contribution in [1.29, 1.82) is 0 Å². The lowest BCUT2D eigenvalue weighted by molar-refractivity contribution is 0.866. The standard InChI is InChI=1S/C20H27N3S/c1-5-23(6-2)19-13-11-18(12-14-19)22-20(24)21-17-9-7-16(8-10-17)15(3)4/h7-15H,5-6H2,1-4H3,(H2,21,22,24). The van der Waals surface area contributed by atoms with Gasteiger partial charge < -0.3 is 15.5 Å². The van der Waals surface area contributed by atoms with E-state index >= 15 is 0 Å². The molecule has 0 aliphatic carbocycles. The third-order valence-corrected chi connectivity index (χ3v) is 4.29. The highest BCUT2D eigenvalue weighted by molar-refractivity contribution is 7.80. The van der Waals surface area contributed by atoms with Crippen LogP contribution in [0.15, 0.2) is 48.5 Å². The molecule has 0 saturated heterocycles. The average molecular weight is 342 g/mol. The van der Waals surface area contributed by atoms with Gasteiger partial charge in [0.15, 0.2) is 5.11 Å². The van der Waals surface area contributed by atoms with E-state index in [9.17, 15) is 0 Å². The van der Waals surface area contributed by atoms with Gasteiger partial charge in [0.25, 0.3) is 0 Å². The molecule has 4 heteroatoms. The molecule has 2 rings (SSSR count). The van der Waals surface area contributed by atoms with Crippen molar-refractivity contribution < 1.29 is 0 Å². The number of anilines is 3. The van der Waals surface area contributed by atoms with E-state index in [1.54, 1.807) is 0 Å². The van der Waals surface area contributed by atoms with Crippen LogP contribution in [0.2, 0.25) is 0 Å². The molecule has 2 N–H and O–H groups in total. The Morgan fingerprint density at radius 2 is 1.33 bits per heavy atom. The van der Waals surface area contributed by atoms with Gasteiger partial charge in [-0.1, -0.05) is 26.0 Å². The molecule has 0 aliphatic rings. The molecule has 0 aromatic heterocycles. The maximum Gasteiger partial charge on any atom is 0.175 e. The van der Waals surface area contributed by atoms with Crippen LogP contribution in [0.1, 0.15) is 39.2 Å². The first-order valence-electron chi connectivity index (χ1n) is 8.56. The summed E-state index contributed by atoms with van der Waals surface area (Å²) in [6.45, 7) is 10.7. The zero-order chi connectivity index (χ0) is 17.5. The highest BCUT2D eigenvalue weighted by Crippen LogP contribution is 2.19. The van der Waals surface area contributed by atoms with E-state index in [1.807, 2.05) is 0 Å². The first-order valence-corrected chi connectivity index (χ1v) is 8.97. The molecule has 0 amide bonds. The molecule has 0 atom stereocenters. The van der Waals surface area contributed by atoms with Crippen molar-refractivity contribution >= 4 is 34.4 Å². The molecule has 2 aromatic carbocycles. The molecule has 0 heterocycles. The fourth-order valence-corrected chi connectivity index (χ4v) is 2.82. The van der Waals surface area contributed by atoms with Gasteiger partial charge in [-0.05, 0) is 73.9 Å². The summed E-state index contributed by atoms with van der Waals surface area (Å²) in [4.78, 5) is 2.32. The fraction of sp³-hybridized carbons (Fsp3) is 0.350. The van der Waals surface area contributed by atoms with Gasteiger partial charge in [-0.3, -0.25) is 0 Å². The van der Waals surface area contributed by atoms with Crippen LogP contribution in [0, 0.1) is 0 Å². The predicted molar refractivity (Wildman–Crippen MR) is 110 cm³/mol. The number of hydrogen-bond acceptors (Lipinski definition) is 2. The van der Waals surface area contributed by atoms with Crippen molar-refractivity contribution in [3.8, 4) is 0 Å². The lowest BCUT2D eigenvalue weighted by Crippen LogP contribution is -2.22. The highest BCUT2D eigenvalue weighted by Gasteiger charge is 2.04. The molecule has 0 saturated carbocycles. The van der Waals surface area contributed by atoms with Gasteiger partial charge in [0, 0.05) is 30.2 Å². The Labute approximate surface area is 151 Å². The molecule has 0 unspecified atom stereocenters. The zero-order valence-corrected chi connectivity index (χ0v) is 15.8. The Bertz CT molecular complexity index is 644. The quantitative estimate of drug-likeness (QED) is 0.682. The second-order valence-electron chi connectivity index (χ2n) is 6.07. The normalized spacial score (nSPS) is 10.5. The molecule has 3 nitrogen and oxygen atoms in total. The minimum absolute atomic E-state index is 0.536. The van der Waals surface area contributed by atoms with E-state index in [1.165, 1.54) is 11.3 Å². The number of nitrogens with zero attached hydrogens (tertiary/aromatic N) is 1. The molecule has 0 fully saturated rings. The van der Waals surface area contributed by atoms with Crippen molar-refractivity contribution in [1.82, 2.24) is 0 Å². The minimum Gasteiger partial charge on any atom is -0.372 e. The maximum atomic E-state index is 5.40. The van der Waals surface area contributed by atoms with Crippen LogP contribution >= 0.6 is 12.2 Å². The van der Waals surface area contributed by atoms with Crippen molar-refractivity contribution in [2.24, 2.45) is 0 Å². The first kappa shape index (κ1) is 18.3. The van der Waals surface area contributed by atoms with Crippen molar-refractivity contribution in [3.05, 3.63) is 54.1 Å². The highest BCUT2D eigenvalue weighted by atomic mass is 32.1. The van der Waals surface area contributed by atoms with E-state index in [0.717, 1.165) is 24.5 Å². The third kappa shape index (κ3) is 4.96. The van der Waals surface area contributed by atoms with E-state index in [-0.39, 0.29) is 0 Å². The smallest absolute Gasteiger partial charge is 0.175 e. The number of hydrogen-bond donors (Lipinski definition) is 2. The monoisotopic (exact) mass is 341 g/mol. The van der Waals surface area contributed by atoms with E-state index in [2.05, 4.69) is 91.8 Å². The summed E-state index contributed by atoms with van der Waals surface area (Å²) in [7, 11) is 0. The Kier molecular flexibility index (Phi) is 6.62. The molecule has 0 spiro atoms. The molecule has 2 aromatic rings. The summed E-state index contributed by atoms with van der Waals surface area (Å²) < 4.78 is 0. The molecular weight excluding hydrogens is 314 g/mol. The van der Waals surface area contributed by atoms with E-state index in [4.69, 9.17) is 12.2 Å². The van der Waals surface area contributed by atoms with Gasteiger partial charge in [0.05, 0.1) is 0 Å².